The first-order chi connectivity index (χ1) is 14.5. The van der Waals surface area contributed by atoms with Gasteiger partial charge < -0.3 is 4.52 Å². The van der Waals surface area contributed by atoms with Crippen molar-refractivity contribution >= 4 is 17.5 Å². The van der Waals surface area contributed by atoms with Crippen LogP contribution in [0.4, 0.5) is 10.1 Å². The zero-order chi connectivity index (χ0) is 20.8. The van der Waals surface area contributed by atoms with E-state index in [9.17, 15) is 14.0 Å². The molecule has 0 saturated carbocycles. The molecule has 0 bridgehead atoms. The normalized spacial score (nSPS) is 20.3. The number of carbonyl (C=O) groups excluding carboxylic acids is 2. The second-order valence-corrected chi connectivity index (χ2v) is 7.01. The quantitative estimate of drug-likeness (QED) is 0.617. The highest BCUT2D eigenvalue weighted by atomic mass is 19.1. The van der Waals surface area contributed by atoms with Gasteiger partial charge in [0.15, 0.2) is 12.1 Å². The minimum atomic E-state index is -0.987. The molecule has 150 valence electrons. The van der Waals surface area contributed by atoms with E-state index < -0.39 is 29.7 Å². The third-order valence-corrected chi connectivity index (χ3v) is 5.08. The van der Waals surface area contributed by atoms with Gasteiger partial charge in [-0.05, 0) is 30.7 Å². The zero-order valence-corrected chi connectivity index (χ0v) is 15.8. The van der Waals surface area contributed by atoms with E-state index in [2.05, 4.69) is 20.5 Å². The molecule has 0 spiro atoms. The van der Waals surface area contributed by atoms with Gasteiger partial charge in [0.05, 0.1) is 5.69 Å². The van der Waals surface area contributed by atoms with Crippen molar-refractivity contribution in [2.24, 2.45) is 10.3 Å². The van der Waals surface area contributed by atoms with Crippen molar-refractivity contribution in [3.63, 3.8) is 0 Å². The van der Waals surface area contributed by atoms with Crippen LogP contribution in [0.5, 0.6) is 0 Å². The Morgan fingerprint density at radius 1 is 1.10 bits per heavy atom. The van der Waals surface area contributed by atoms with Gasteiger partial charge in [-0.3, -0.25) is 14.6 Å². The third kappa shape index (κ3) is 2.84. The summed E-state index contributed by atoms with van der Waals surface area (Å²) in [7, 11) is 0. The number of nitrogens with zero attached hydrogens (tertiary/aromatic N) is 6. The number of anilines is 1. The molecule has 2 atom stereocenters. The maximum absolute atomic E-state index is 13.6. The average Bonchev–Trinajstić information content (AvgIpc) is 3.41. The number of carbonyl (C=O) groups is 2. The van der Waals surface area contributed by atoms with E-state index in [0.717, 1.165) is 22.1 Å². The van der Waals surface area contributed by atoms with Gasteiger partial charge in [-0.2, -0.15) is 10.1 Å². The molecule has 2 aromatic carbocycles. The minimum absolute atomic E-state index is 0.0135. The summed E-state index contributed by atoms with van der Waals surface area (Å²) in [4.78, 5) is 30.9. The molecule has 0 radical (unpaired) electrons. The lowest BCUT2D eigenvalue weighted by Gasteiger charge is -2.19. The number of aryl methyl sites for hydroxylation is 1. The van der Waals surface area contributed by atoms with Crippen molar-refractivity contribution < 1.29 is 18.5 Å². The van der Waals surface area contributed by atoms with Crippen LogP contribution < -0.4 is 4.90 Å². The number of imide groups is 1. The predicted octanol–water partition coefficient (Wildman–Crippen LogP) is 2.68. The highest BCUT2D eigenvalue weighted by molar-refractivity contribution is 6.25. The third-order valence-electron chi connectivity index (χ3n) is 5.08. The second kappa shape index (κ2) is 6.83. The molecule has 3 aromatic rings. The van der Waals surface area contributed by atoms with E-state index in [1.54, 1.807) is 0 Å². The number of halogens is 1. The lowest BCUT2D eigenvalue weighted by Crippen LogP contribution is -2.39. The van der Waals surface area contributed by atoms with Gasteiger partial charge in [-0.15, -0.1) is 0 Å². The minimum Gasteiger partial charge on any atom is -0.337 e. The summed E-state index contributed by atoms with van der Waals surface area (Å²) in [5.41, 5.74) is 1.99. The second-order valence-electron chi connectivity index (χ2n) is 7.01. The van der Waals surface area contributed by atoms with Gasteiger partial charge in [0.1, 0.15) is 12.4 Å². The molecule has 2 aliphatic rings. The molecular weight excluding hydrogens is 391 g/mol. The Morgan fingerprint density at radius 3 is 2.73 bits per heavy atom. The molecule has 30 heavy (non-hydrogen) atoms. The van der Waals surface area contributed by atoms with Crippen molar-refractivity contribution in [3.05, 3.63) is 65.8 Å². The van der Waals surface area contributed by atoms with E-state index in [4.69, 9.17) is 4.52 Å². The molecule has 0 aliphatic carbocycles. The summed E-state index contributed by atoms with van der Waals surface area (Å²) >= 11 is 0. The van der Waals surface area contributed by atoms with Crippen LogP contribution in [-0.4, -0.2) is 39.0 Å². The first-order valence-electron chi connectivity index (χ1n) is 9.22. The van der Waals surface area contributed by atoms with E-state index in [-0.39, 0.29) is 18.1 Å². The van der Waals surface area contributed by atoms with Crippen molar-refractivity contribution in [2.45, 2.75) is 25.6 Å². The Labute approximate surface area is 169 Å². The van der Waals surface area contributed by atoms with Gasteiger partial charge in [-0.25, -0.2) is 9.29 Å². The number of hydrogen-bond acceptors (Lipinski definition) is 8. The van der Waals surface area contributed by atoms with Crippen LogP contribution >= 0.6 is 0 Å². The average molecular weight is 406 g/mol. The van der Waals surface area contributed by atoms with Crippen LogP contribution in [-0.2, 0) is 16.1 Å². The number of hydrogen-bond donors (Lipinski definition) is 0. The van der Waals surface area contributed by atoms with Crippen LogP contribution in [0.2, 0.25) is 0 Å². The molecular formula is C20H15FN6O3. The van der Waals surface area contributed by atoms with Gasteiger partial charge >= 0.3 is 0 Å². The van der Waals surface area contributed by atoms with Crippen LogP contribution in [0.3, 0.4) is 0 Å². The maximum atomic E-state index is 13.6. The first-order valence-corrected chi connectivity index (χ1v) is 9.22. The summed E-state index contributed by atoms with van der Waals surface area (Å²) in [6, 6.07) is 11.0. The van der Waals surface area contributed by atoms with Crippen LogP contribution in [0, 0.1) is 12.7 Å². The summed E-state index contributed by atoms with van der Waals surface area (Å²) in [5.74, 6) is -0.964. The number of amides is 2. The number of aromatic nitrogens is 2. The molecule has 1 fully saturated rings. The lowest BCUT2D eigenvalue weighted by molar-refractivity contribution is -0.123. The molecule has 1 aromatic heterocycles. The highest BCUT2D eigenvalue weighted by Crippen LogP contribution is 2.33. The fourth-order valence-electron chi connectivity index (χ4n) is 3.61. The first kappa shape index (κ1) is 18.1. The lowest BCUT2D eigenvalue weighted by atomic mass is 10.1. The molecule has 1 saturated heterocycles. The van der Waals surface area contributed by atoms with E-state index in [1.807, 2.05) is 31.2 Å². The fourth-order valence-corrected chi connectivity index (χ4v) is 3.61. The zero-order valence-electron chi connectivity index (χ0n) is 15.8. The Hall–Kier alpha value is -3.95. The Bertz CT molecular complexity index is 1190. The SMILES string of the molecule is Cc1ccccc1-c1noc(CN2N=N[C@H]3C(=O)N(c4cccc(F)c4)C(=O)[C@H]32)n1. The molecule has 9 nitrogen and oxygen atoms in total. The van der Waals surface area contributed by atoms with Gasteiger partial charge in [0.2, 0.25) is 11.7 Å². The molecule has 2 amide bonds. The Kier molecular flexibility index (Phi) is 4.12. The largest absolute Gasteiger partial charge is 0.337 e. The van der Waals surface area contributed by atoms with Crippen LogP contribution in [0.1, 0.15) is 11.5 Å². The predicted molar refractivity (Wildman–Crippen MR) is 101 cm³/mol. The standard InChI is InChI=1S/C20H15FN6O3/c1-11-5-2-3-8-14(11)18-22-15(30-24-18)10-26-17-16(23-25-26)19(28)27(20(17)29)13-7-4-6-12(21)9-13/h2-9,16-17H,10H2,1H3/t16-,17+/m1/s1. The smallest absolute Gasteiger partial charge is 0.263 e. The van der Waals surface area contributed by atoms with Crippen molar-refractivity contribution in [2.75, 3.05) is 4.90 Å². The van der Waals surface area contributed by atoms with Crippen molar-refractivity contribution in [3.8, 4) is 11.4 Å². The summed E-state index contributed by atoms with van der Waals surface area (Å²) in [6.07, 6.45) is 0. The topological polar surface area (TPSA) is 104 Å². The fraction of sp³-hybridized carbons (Fsp3) is 0.200. The number of benzene rings is 2. The molecule has 0 N–H and O–H groups in total. The van der Waals surface area contributed by atoms with Gasteiger partial charge in [0.25, 0.3) is 11.8 Å². The van der Waals surface area contributed by atoms with Crippen molar-refractivity contribution in [1.29, 1.82) is 0 Å². The molecule has 2 aliphatic heterocycles. The molecule has 3 heterocycles. The van der Waals surface area contributed by atoms with E-state index in [0.29, 0.717) is 5.82 Å². The maximum Gasteiger partial charge on any atom is 0.263 e. The highest BCUT2D eigenvalue weighted by Gasteiger charge is 2.55. The van der Waals surface area contributed by atoms with Crippen molar-refractivity contribution in [1.82, 2.24) is 15.1 Å². The summed E-state index contributed by atoms with van der Waals surface area (Å²) in [6.45, 7) is 1.95. The van der Waals surface area contributed by atoms with Gasteiger partial charge in [0, 0.05) is 5.56 Å². The summed E-state index contributed by atoms with van der Waals surface area (Å²) < 4.78 is 18.9. The summed E-state index contributed by atoms with van der Waals surface area (Å²) in [5, 5.41) is 13.2. The van der Waals surface area contributed by atoms with Crippen LogP contribution in [0.25, 0.3) is 11.4 Å². The molecule has 5 rings (SSSR count). The Morgan fingerprint density at radius 2 is 1.93 bits per heavy atom. The van der Waals surface area contributed by atoms with E-state index in [1.165, 1.54) is 23.2 Å². The Balaban J connectivity index is 1.38. The molecule has 0 unspecified atom stereocenters. The van der Waals surface area contributed by atoms with Gasteiger partial charge in [-0.1, -0.05) is 40.7 Å². The number of fused-ring (bicyclic) bond motifs is 1. The number of rotatable bonds is 4. The van der Waals surface area contributed by atoms with Crippen LogP contribution in [0.15, 0.2) is 63.4 Å². The monoisotopic (exact) mass is 406 g/mol. The molecule has 10 heteroatoms. The van der Waals surface area contributed by atoms with E-state index >= 15 is 0 Å².